The first kappa shape index (κ1) is 21.0. The van der Waals surface area contributed by atoms with Crippen LogP contribution >= 0.6 is 0 Å². The molecule has 2 N–H and O–H groups in total. The molecule has 1 aromatic rings. The molecule has 3 amide bonds. The molecule has 1 aromatic heterocycles. The van der Waals surface area contributed by atoms with E-state index in [1.54, 1.807) is 24.8 Å². The Kier molecular flexibility index (Phi) is 7.01. The van der Waals surface area contributed by atoms with Gasteiger partial charge in [-0.2, -0.15) is 0 Å². The van der Waals surface area contributed by atoms with Gasteiger partial charge < -0.3 is 24.6 Å². The maximum atomic E-state index is 13.1. The van der Waals surface area contributed by atoms with Gasteiger partial charge in [0.1, 0.15) is 17.6 Å². The van der Waals surface area contributed by atoms with Crippen molar-refractivity contribution in [3.05, 3.63) is 23.2 Å². The molecule has 1 saturated heterocycles. The van der Waals surface area contributed by atoms with E-state index >= 15 is 0 Å². The van der Waals surface area contributed by atoms with Crippen LogP contribution in [0.3, 0.4) is 0 Å². The van der Waals surface area contributed by atoms with Gasteiger partial charge in [0.15, 0.2) is 0 Å². The van der Waals surface area contributed by atoms with Crippen molar-refractivity contribution < 1.29 is 23.9 Å². The lowest BCUT2D eigenvalue weighted by molar-refractivity contribution is -0.135. The predicted octanol–water partition coefficient (Wildman–Crippen LogP) is 0.847. The number of carbonyl (C=O) groups excluding carboxylic acids is 3. The molecular weight excluding hydrogens is 350 g/mol. The van der Waals surface area contributed by atoms with E-state index in [-0.39, 0.29) is 43.3 Å². The molecule has 27 heavy (non-hydrogen) atoms. The van der Waals surface area contributed by atoms with Crippen molar-refractivity contribution in [2.24, 2.45) is 0 Å². The van der Waals surface area contributed by atoms with Gasteiger partial charge in [-0.3, -0.25) is 14.4 Å². The van der Waals surface area contributed by atoms with Gasteiger partial charge >= 0.3 is 0 Å². The molecule has 2 heterocycles. The Morgan fingerprint density at radius 3 is 2.48 bits per heavy atom. The number of hydrogen-bond acceptors (Lipinski definition) is 5. The largest absolute Gasteiger partial charge is 0.466 e. The molecule has 0 saturated carbocycles. The van der Waals surface area contributed by atoms with Crippen LogP contribution < -0.4 is 5.32 Å². The summed E-state index contributed by atoms with van der Waals surface area (Å²) in [4.78, 5) is 41.1. The van der Waals surface area contributed by atoms with Crippen LogP contribution in [0.1, 0.15) is 48.6 Å². The highest BCUT2D eigenvalue weighted by Gasteiger charge is 2.42. The lowest BCUT2D eigenvalue weighted by Crippen LogP contribution is -2.47. The number of carbonyl (C=O) groups is 3. The second-order valence-electron chi connectivity index (χ2n) is 6.78. The van der Waals surface area contributed by atoms with Crippen LogP contribution in [0.4, 0.5) is 0 Å². The topological polar surface area (TPSA) is 103 Å². The zero-order valence-electron chi connectivity index (χ0n) is 16.4. The number of aliphatic hydroxyl groups is 1. The summed E-state index contributed by atoms with van der Waals surface area (Å²) in [6.07, 6.45) is 0.354. The molecule has 0 spiro atoms. The van der Waals surface area contributed by atoms with E-state index in [1.807, 2.05) is 13.8 Å². The lowest BCUT2D eigenvalue weighted by atomic mass is 10.1. The van der Waals surface area contributed by atoms with Crippen LogP contribution in [0.5, 0.6) is 0 Å². The van der Waals surface area contributed by atoms with Gasteiger partial charge in [-0.05, 0) is 40.2 Å². The van der Waals surface area contributed by atoms with E-state index in [0.29, 0.717) is 36.6 Å². The minimum Gasteiger partial charge on any atom is -0.466 e. The van der Waals surface area contributed by atoms with Gasteiger partial charge in [-0.15, -0.1) is 0 Å². The van der Waals surface area contributed by atoms with Crippen LogP contribution in [0.15, 0.2) is 10.5 Å². The lowest BCUT2D eigenvalue weighted by Gasteiger charge is -2.28. The summed E-state index contributed by atoms with van der Waals surface area (Å²) in [6.45, 7) is 8.40. The minimum absolute atomic E-state index is 0.000855. The summed E-state index contributed by atoms with van der Waals surface area (Å²) < 4.78 is 5.46. The van der Waals surface area contributed by atoms with Crippen molar-refractivity contribution in [2.75, 3.05) is 26.2 Å². The van der Waals surface area contributed by atoms with E-state index in [4.69, 9.17) is 9.52 Å². The van der Waals surface area contributed by atoms with Crippen molar-refractivity contribution in [2.45, 2.75) is 52.6 Å². The predicted molar refractivity (Wildman–Crippen MR) is 99.2 cm³/mol. The number of rotatable bonds is 7. The summed E-state index contributed by atoms with van der Waals surface area (Å²) >= 11 is 0. The van der Waals surface area contributed by atoms with E-state index in [9.17, 15) is 14.4 Å². The Hall–Kier alpha value is -2.35. The monoisotopic (exact) mass is 379 g/mol. The Labute approximate surface area is 159 Å². The summed E-state index contributed by atoms with van der Waals surface area (Å²) in [5.74, 6) is 0.467. The number of amides is 3. The van der Waals surface area contributed by atoms with Gasteiger partial charge in [0.05, 0.1) is 12.2 Å². The fourth-order valence-electron chi connectivity index (χ4n) is 3.54. The number of nitrogens with zero attached hydrogens (tertiary/aromatic N) is 2. The van der Waals surface area contributed by atoms with Crippen molar-refractivity contribution in [3.8, 4) is 0 Å². The number of likely N-dealkylation sites (tertiary alicyclic amines) is 1. The number of furan rings is 1. The van der Waals surface area contributed by atoms with Crippen molar-refractivity contribution >= 4 is 17.7 Å². The first-order valence-electron chi connectivity index (χ1n) is 9.39. The molecule has 2 atom stereocenters. The van der Waals surface area contributed by atoms with Crippen molar-refractivity contribution in [1.29, 1.82) is 0 Å². The molecular formula is C19H29N3O5. The normalized spacial score (nSPS) is 19.2. The third kappa shape index (κ3) is 4.68. The van der Waals surface area contributed by atoms with Crippen LogP contribution in [0, 0.1) is 13.8 Å². The molecule has 0 aliphatic carbocycles. The van der Waals surface area contributed by atoms with Crippen LogP contribution in [-0.2, 0) is 9.59 Å². The summed E-state index contributed by atoms with van der Waals surface area (Å²) in [7, 11) is 0. The first-order chi connectivity index (χ1) is 12.8. The molecule has 1 aliphatic rings. The van der Waals surface area contributed by atoms with Gasteiger partial charge in [0.25, 0.3) is 5.91 Å². The van der Waals surface area contributed by atoms with Crippen LogP contribution in [0.25, 0.3) is 0 Å². The summed E-state index contributed by atoms with van der Waals surface area (Å²) in [5.41, 5.74) is 0.437. The molecule has 0 radical (unpaired) electrons. The minimum atomic E-state index is -0.633. The Balaban J connectivity index is 2.26. The number of hydrogen-bond donors (Lipinski definition) is 2. The quantitative estimate of drug-likeness (QED) is 0.731. The highest BCUT2D eigenvalue weighted by Crippen LogP contribution is 2.25. The summed E-state index contributed by atoms with van der Waals surface area (Å²) in [6, 6.07) is 0.714. The molecule has 1 aliphatic heterocycles. The Morgan fingerprint density at radius 2 is 1.96 bits per heavy atom. The summed E-state index contributed by atoms with van der Waals surface area (Å²) in [5, 5.41) is 11.7. The number of likely N-dealkylation sites (N-methyl/N-ethyl adjacent to an activating group) is 1. The SMILES string of the molecule is CCN(CC)C(=O)[C@@H]1C[C@H](NC(=O)CCO)CN1C(=O)c1cc(C)oc1C. The number of nitrogens with one attached hydrogen (secondary N) is 1. The van der Waals surface area contributed by atoms with Gasteiger partial charge in [0, 0.05) is 32.1 Å². The Bertz CT molecular complexity index is 696. The number of aryl methyl sites for hydroxylation is 2. The third-order valence-corrected chi connectivity index (χ3v) is 4.90. The van der Waals surface area contributed by atoms with Gasteiger partial charge in [0.2, 0.25) is 11.8 Å². The van der Waals surface area contributed by atoms with Crippen LogP contribution in [-0.4, -0.2) is 71.0 Å². The molecule has 1 fully saturated rings. The molecule has 0 aromatic carbocycles. The first-order valence-corrected chi connectivity index (χ1v) is 9.39. The van der Waals surface area contributed by atoms with Crippen molar-refractivity contribution in [1.82, 2.24) is 15.1 Å². The molecule has 0 unspecified atom stereocenters. The van der Waals surface area contributed by atoms with E-state index < -0.39 is 6.04 Å². The average molecular weight is 379 g/mol. The fraction of sp³-hybridized carbons (Fsp3) is 0.632. The van der Waals surface area contributed by atoms with Crippen molar-refractivity contribution in [3.63, 3.8) is 0 Å². The maximum absolute atomic E-state index is 13.1. The van der Waals surface area contributed by atoms with Gasteiger partial charge in [-0.1, -0.05) is 0 Å². The molecule has 8 heteroatoms. The molecule has 150 valence electrons. The van der Waals surface area contributed by atoms with E-state index in [0.717, 1.165) is 0 Å². The average Bonchev–Trinajstić information content (AvgIpc) is 3.18. The van der Waals surface area contributed by atoms with E-state index in [1.165, 1.54) is 4.90 Å². The second-order valence-corrected chi connectivity index (χ2v) is 6.78. The zero-order valence-corrected chi connectivity index (χ0v) is 16.4. The smallest absolute Gasteiger partial charge is 0.258 e. The number of aliphatic hydroxyl groups excluding tert-OH is 1. The highest BCUT2D eigenvalue weighted by molar-refractivity contribution is 5.99. The maximum Gasteiger partial charge on any atom is 0.258 e. The zero-order chi connectivity index (χ0) is 20.1. The van der Waals surface area contributed by atoms with E-state index in [2.05, 4.69) is 5.32 Å². The standard InChI is InChI=1S/C19H29N3O5/c1-5-21(6-2)19(26)16-10-14(20-17(24)7-8-23)11-22(16)18(25)15-9-12(3)27-13(15)4/h9,14,16,23H,5-8,10-11H2,1-4H3,(H,20,24)/t14-,16-/m0/s1. The van der Waals surface area contributed by atoms with Gasteiger partial charge in [-0.25, -0.2) is 0 Å². The Morgan fingerprint density at radius 1 is 1.30 bits per heavy atom. The fourth-order valence-corrected chi connectivity index (χ4v) is 3.54. The second kappa shape index (κ2) is 9.03. The molecule has 0 bridgehead atoms. The third-order valence-electron chi connectivity index (χ3n) is 4.90. The molecule has 2 rings (SSSR count). The van der Waals surface area contributed by atoms with Crippen LogP contribution in [0.2, 0.25) is 0 Å². The highest BCUT2D eigenvalue weighted by atomic mass is 16.3. The molecule has 8 nitrogen and oxygen atoms in total.